The average molecular weight is 1100 g/mol. The maximum Gasteiger partial charge on any atom is 0.305 e. The summed E-state index contributed by atoms with van der Waals surface area (Å²) in [7, 11) is 0. The molecule has 11 amide bonds. The van der Waals surface area contributed by atoms with Crippen LogP contribution in [0.3, 0.4) is 0 Å². The lowest BCUT2D eigenvalue weighted by Crippen LogP contribution is -2.63. The van der Waals surface area contributed by atoms with Crippen LogP contribution in [0.2, 0.25) is 0 Å². The molecule has 31 heteroatoms. The predicted molar refractivity (Wildman–Crippen MR) is 262 cm³/mol. The third-order valence-corrected chi connectivity index (χ3v) is 12.5. The summed E-state index contributed by atoms with van der Waals surface area (Å²) in [6.45, 7) is 0.0827. The third-order valence-electron chi connectivity index (χ3n) is 12.1. The van der Waals surface area contributed by atoms with Gasteiger partial charge in [0.2, 0.25) is 65.0 Å². The number of nitrogens with two attached hydrogens (primary N) is 1. The molecule has 76 heavy (non-hydrogen) atoms. The number of benzene rings is 1. The molecule has 0 bridgehead atoms. The monoisotopic (exact) mass is 1100 g/mol. The van der Waals surface area contributed by atoms with Crippen molar-refractivity contribution < 1.29 is 93.3 Å². The number of phenols is 1. The van der Waals surface area contributed by atoms with Gasteiger partial charge in [-0.2, -0.15) is 12.6 Å². The second-order valence-corrected chi connectivity index (χ2v) is 18.4. The molecule has 1 aromatic carbocycles. The van der Waals surface area contributed by atoms with Crippen molar-refractivity contribution >= 4 is 83.6 Å². The molecule has 0 aromatic heterocycles. The van der Waals surface area contributed by atoms with Crippen molar-refractivity contribution in [3.63, 3.8) is 0 Å². The molecule has 1 aromatic rings. The van der Waals surface area contributed by atoms with E-state index in [1.165, 1.54) is 24.3 Å². The number of rotatable bonds is 28. The number of aromatic hydroxyl groups is 1. The summed E-state index contributed by atoms with van der Waals surface area (Å²) in [5, 5.41) is 88.4. The van der Waals surface area contributed by atoms with E-state index >= 15 is 0 Å². The molecule has 0 spiro atoms. The summed E-state index contributed by atoms with van der Waals surface area (Å²) in [4.78, 5) is 159. The van der Waals surface area contributed by atoms with Crippen LogP contribution in [0.5, 0.6) is 5.75 Å². The summed E-state index contributed by atoms with van der Waals surface area (Å²) in [6, 6.07) is -11.0. The Morgan fingerprint density at radius 2 is 1.03 bits per heavy atom. The van der Waals surface area contributed by atoms with Gasteiger partial charge in [-0.3, -0.25) is 57.5 Å². The smallest absolute Gasteiger partial charge is 0.305 e. The van der Waals surface area contributed by atoms with Crippen LogP contribution in [0, 0.1) is 0 Å². The number of carbonyl (C=O) groups excluding carboxylic acids is 11. The molecule has 2 aliphatic rings. The molecule has 2 saturated heterocycles. The minimum atomic E-state index is -2.12. The fourth-order valence-corrected chi connectivity index (χ4v) is 8.39. The van der Waals surface area contributed by atoms with Gasteiger partial charge in [0, 0.05) is 32.2 Å². The first kappa shape index (κ1) is 63.1. The number of nitrogens with zero attached hydrogens (tertiary/aromatic N) is 2. The van der Waals surface area contributed by atoms with E-state index in [2.05, 4.69) is 44.5 Å². The number of primary amides is 1. The van der Waals surface area contributed by atoms with Crippen LogP contribution in [-0.2, 0) is 64.0 Å². The summed E-state index contributed by atoms with van der Waals surface area (Å²) >= 11 is 3.98. The molecule has 0 radical (unpaired) electrons. The van der Waals surface area contributed by atoms with Crippen molar-refractivity contribution in [2.75, 3.05) is 38.7 Å². The number of amides is 11. The van der Waals surface area contributed by atoms with Gasteiger partial charge in [-0.1, -0.05) is 12.1 Å². The molecule has 2 aliphatic heterocycles. The lowest BCUT2D eigenvalue weighted by molar-refractivity contribution is -0.145. The number of aliphatic carboxylic acids is 1. The van der Waals surface area contributed by atoms with Crippen LogP contribution in [0.25, 0.3) is 0 Å². The van der Waals surface area contributed by atoms with Crippen molar-refractivity contribution in [2.45, 2.75) is 132 Å². The average Bonchev–Trinajstić information content (AvgIpc) is 4.07. The Balaban J connectivity index is 1.76. The summed E-state index contributed by atoms with van der Waals surface area (Å²) in [5.41, 5.74) is 5.65. The first-order valence-electron chi connectivity index (χ1n) is 23.9. The van der Waals surface area contributed by atoms with Crippen LogP contribution in [0.4, 0.5) is 0 Å². The van der Waals surface area contributed by atoms with Crippen LogP contribution >= 0.6 is 12.6 Å². The maximum absolute atomic E-state index is 13.8. The number of aliphatic hydroxyl groups is 5. The van der Waals surface area contributed by atoms with Crippen molar-refractivity contribution in [2.24, 2.45) is 5.73 Å². The Kier molecular flexibility index (Phi) is 24.7. The van der Waals surface area contributed by atoms with Crippen molar-refractivity contribution in [3.8, 4) is 5.75 Å². The Hall–Kier alpha value is -7.19. The van der Waals surface area contributed by atoms with Gasteiger partial charge in [-0.05, 0) is 57.2 Å². The van der Waals surface area contributed by atoms with Crippen LogP contribution in [0.15, 0.2) is 24.3 Å². The van der Waals surface area contributed by atoms with E-state index in [-0.39, 0.29) is 43.9 Å². The number of likely N-dealkylation sites (tertiary alicyclic amines) is 2. The van der Waals surface area contributed by atoms with Gasteiger partial charge in [-0.25, -0.2) is 0 Å². The van der Waals surface area contributed by atoms with E-state index in [1.54, 1.807) is 0 Å². The lowest BCUT2D eigenvalue weighted by atomic mass is 10.0. The molecular formula is C45H67N11O19S. The quantitative estimate of drug-likeness (QED) is 0.0347. The molecule has 3 rings (SSSR count). The van der Waals surface area contributed by atoms with E-state index in [0.29, 0.717) is 18.4 Å². The Bertz CT molecular complexity index is 2290. The van der Waals surface area contributed by atoms with Gasteiger partial charge in [0.25, 0.3) is 0 Å². The summed E-state index contributed by atoms with van der Waals surface area (Å²) in [6.07, 6.45) is -4.12. The van der Waals surface area contributed by atoms with Crippen molar-refractivity contribution in [1.82, 2.24) is 52.3 Å². The van der Waals surface area contributed by atoms with Crippen molar-refractivity contribution in [3.05, 3.63) is 29.8 Å². The standard InChI is InChI=1S/C45H67N11O19S/c1-20(60)34(43(73)54-35(21(2)61)45(75)56-13-5-7-32(56)42(72)52-30(19-76)36(46)66)53-38(68)26(15-33(64)65)48-39(69)27(16-57)51-40(70)28(17-58)50-37(67)25(14-23-8-10-24(63)11-9-23)49-41(71)31-6-4-12-55(31)44(74)29(18-59)47-22(3)62/h8-11,20-21,25-32,34-35,57-61,63,76H,4-7,12-19H2,1-3H3,(H2,46,66)(H,47,62)(H,48,69)(H,49,71)(H,50,67)(H,51,70)(H,52,72)(H,53,68)(H,54,73)(H,64,65)/t20-,21-,25+,26+,27+,28+,29+,30+,31+,32+,34+,35+/m1/s1. The number of carboxylic acid groups (broad SMARTS) is 1. The number of nitrogens with one attached hydrogen (secondary N) is 8. The molecule has 17 N–H and O–H groups in total. The number of carboxylic acids is 1. The highest BCUT2D eigenvalue weighted by molar-refractivity contribution is 7.80. The largest absolute Gasteiger partial charge is 0.508 e. The zero-order valence-electron chi connectivity index (χ0n) is 41.7. The fraction of sp³-hybridized carbons (Fsp3) is 0.600. The van der Waals surface area contributed by atoms with Gasteiger partial charge >= 0.3 is 5.97 Å². The Labute approximate surface area is 440 Å². The SMILES string of the molecule is CC(=O)N[C@@H](CO)C(=O)N1CCC[C@H]1C(=O)N[C@@H](Cc1ccc(O)cc1)C(=O)N[C@@H](CO)C(=O)N[C@@H](CO)C(=O)N[C@@H](CC(=O)O)C(=O)N[C@H](C(=O)N[C@H](C(=O)N1CCC[C@H]1C(=O)N[C@@H](CS)C(N)=O)[C@@H](C)O)[C@@H](C)O. The molecule has 0 saturated carbocycles. The molecule has 30 nitrogen and oxygen atoms in total. The van der Waals surface area contributed by atoms with Crippen LogP contribution < -0.4 is 48.3 Å². The molecule has 2 fully saturated rings. The van der Waals surface area contributed by atoms with E-state index in [9.17, 15) is 93.3 Å². The maximum atomic E-state index is 13.8. The van der Waals surface area contributed by atoms with E-state index in [1.807, 2.05) is 10.6 Å². The summed E-state index contributed by atoms with van der Waals surface area (Å²) < 4.78 is 0. The topological polar surface area (TPSA) is 475 Å². The second-order valence-electron chi connectivity index (χ2n) is 18.0. The zero-order chi connectivity index (χ0) is 57.1. The first-order chi connectivity index (χ1) is 35.8. The first-order valence-corrected chi connectivity index (χ1v) is 24.5. The van der Waals surface area contributed by atoms with Crippen molar-refractivity contribution in [1.29, 1.82) is 0 Å². The number of aliphatic hydroxyl groups excluding tert-OH is 5. The molecular weight excluding hydrogens is 1030 g/mol. The minimum absolute atomic E-state index is 0.0269. The highest BCUT2D eigenvalue weighted by atomic mass is 32.1. The zero-order valence-corrected chi connectivity index (χ0v) is 42.6. The van der Waals surface area contributed by atoms with Gasteiger partial charge in [0.15, 0.2) is 0 Å². The second kappa shape index (κ2) is 29.8. The number of carbonyl (C=O) groups is 12. The third kappa shape index (κ3) is 18.0. The summed E-state index contributed by atoms with van der Waals surface area (Å²) in [5.74, 6) is -13.5. The molecule has 0 aliphatic carbocycles. The predicted octanol–water partition coefficient (Wildman–Crippen LogP) is -8.56. The molecule has 0 unspecified atom stereocenters. The Morgan fingerprint density at radius 1 is 0.592 bits per heavy atom. The normalized spacial score (nSPS) is 19.1. The van der Waals surface area contributed by atoms with Gasteiger partial charge in [0.05, 0.1) is 38.4 Å². The molecule has 12 atom stereocenters. The molecule has 2 heterocycles. The number of phenolic OH excluding ortho intramolecular Hbond substituents is 1. The Morgan fingerprint density at radius 3 is 1.46 bits per heavy atom. The molecule has 422 valence electrons. The number of thiol groups is 1. The highest BCUT2D eigenvalue weighted by Crippen LogP contribution is 2.22. The fourth-order valence-electron chi connectivity index (χ4n) is 8.12. The van der Waals surface area contributed by atoms with Gasteiger partial charge < -0.3 is 93.8 Å². The van der Waals surface area contributed by atoms with E-state index in [0.717, 1.165) is 30.6 Å². The van der Waals surface area contributed by atoms with Crippen LogP contribution in [-0.4, -0.2) is 228 Å². The van der Waals surface area contributed by atoms with Gasteiger partial charge in [0.1, 0.15) is 66.2 Å². The highest BCUT2D eigenvalue weighted by Gasteiger charge is 2.43. The van der Waals surface area contributed by atoms with E-state index < -0.39 is 170 Å². The lowest BCUT2D eigenvalue weighted by Gasteiger charge is -2.32. The van der Waals surface area contributed by atoms with Gasteiger partial charge in [-0.15, -0.1) is 0 Å². The van der Waals surface area contributed by atoms with Crippen LogP contribution in [0.1, 0.15) is 58.4 Å². The van der Waals surface area contributed by atoms with E-state index in [4.69, 9.17) is 5.73 Å². The number of hydrogen-bond donors (Lipinski definition) is 17. The number of hydrogen-bond acceptors (Lipinski definition) is 19. The minimum Gasteiger partial charge on any atom is -0.508 e.